The van der Waals surface area contributed by atoms with Gasteiger partial charge in [-0.05, 0) is 68.5 Å². The summed E-state index contributed by atoms with van der Waals surface area (Å²) in [6.45, 7) is 3.66. The van der Waals surface area contributed by atoms with Crippen molar-refractivity contribution in [3.05, 3.63) is 45.6 Å². The SMILES string of the molecule is CC(C)OC(=O)c1cccc(Nc2nc(Cl)nc3sc4c(c23)CCC4)c1. The van der Waals surface area contributed by atoms with E-state index < -0.39 is 0 Å². The third-order valence-electron chi connectivity index (χ3n) is 4.24. The average molecular weight is 388 g/mol. The summed E-state index contributed by atoms with van der Waals surface area (Å²) in [5.74, 6) is 0.347. The lowest BCUT2D eigenvalue weighted by Crippen LogP contribution is -2.11. The Morgan fingerprint density at radius 3 is 2.96 bits per heavy atom. The Labute approximate surface area is 160 Å². The van der Waals surface area contributed by atoms with Crippen LogP contribution in [-0.4, -0.2) is 22.0 Å². The van der Waals surface area contributed by atoms with E-state index in [0.717, 1.165) is 35.2 Å². The molecule has 0 bridgehead atoms. The molecule has 0 spiro atoms. The fourth-order valence-electron chi connectivity index (χ4n) is 3.20. The molecule has 134 valence electrons. The quantitative estimate of drug-likeness (QED) is 0.496. The molecule has 4 rings (SSSR count). The highest BCUT2D eigenvalue weighted by molar-refractivity contribution is 7.19. The van der Waals surface area contributed by atoms with Gasteiger partial charge in [0, 0.05) is 10.6 Å². The number of thiophene rings is 1. The molecule has 2 aromatic heterocycles. The predicted octanol–water partition coefficient (Wildman–Crippen LogP) is 5.14. The molecule has 1 aromatic carbocycles. The number of carbonyl (C=O) groups is 1. The van der Waals surface area contributed by atoms with Gasteiger partial charge in [-0.3, -0.25) is 0 Å². The minimum absolute atomic E-state index is 0.159. The van der Waals surface area contributed by atoms with E-state index in [9.17, 15) is 4.79 Å². The Bertz CT molecular complexity index is 1000. The molecule has 1 aliphatic rings. The van der Waals surface area contributed by atoms with Crippen LogP contribution in [0.3, 0.4) is 0 Å². The maximum Gasteiger partial charge on any atom is 0.338 e. The summed E-state index contributed by atoms with van der Waals surface area (Å²) in [5.41, 5.74) is 2.58. The number of hydrogen-bond donors (Lipinski definition) is 1. The molecule has 1 N–H and O–H groups in total. The van der Waals surface area contributed by atoms with Crippen LogP contribution in [0.1, 0.15) is 41.1 Å². The number of nitrogens with one attached hydrogen (secondary N) is 1. The first-order valence-corrected chi connectivity index (χ1v) is 9.76. The molecule has 0 fully saturated rings. The van der Waals surface area contributed by atoms with Crippen LogP contribution in [0, 0.1) is 0 Å². The van der Waals surface area contributed by atoms with Crippen LogP contribution >= 0.6 is 22.9 Å². The number of ether oxygens (including phenoxy) is 1. The van der Waals surface area contributed by atoms with Gasteiger partial charge in [-0.2, -0.15) is 4.98 Å². The summed E-state index contributed by atoms with van der Waals surface area (Å²) < 4.78 is 5.27. The lowest BCUT2D eigenvalue weighted by Gasteiger charge is -2.11. The Morgan fingerprint density at radius 1 is 1.31 bits per heavy atom. The van der Waals surface area contributed by atoms with E-state index in [1.54, 1.807) is 23.5 Å². The molecule has 2 heterocycles. The second-order valence-electron chi connectivity index (χ2n) is 6.54. The predicted molar refractivity (Wildman–Crippen MR) is 105 cm³/mol. The summed E-state index contributed by atoms with van der Waals surface area (Å²) in [7, 11) is 0. The van der Waals surface area contributed by atoms with Crippen molar-refractivity contribution in [3.63, 3.8) is 0 Å². The highest BCUT2D eigenvalue weighted by Gasteiger charge is 2.22. The van der Waals surface area contributed by atoms with E-state index in [-0.39, 0.29) is 17.4 Å². The average Bonchev–Trinajstić information content (AvgIpc) is 3.14. The van der Waals surface area contributed by atoms with Crippen LogP contribution in [0.25, 0.3) is 10.2 Å². The van der Waals surface area contributed by atoms with Crippen molar-refractivity contribution < 1.29 is 9.53 Å². The summed E-state index contributed by atoms with van der Waals surface area (Å²) in [4.78, 5) is 23.2. The number of fused-ring (bicyclic) bond motifs is 3. The van der Waals surface area contributed by atoms with E-state index in [4.69, 9.17) is 16.3 Å². The molecule has 0 aliphatic heterocycles. The number of aromatic nitrogens is 2. The third-order valence-corrected chi connectivity index (χ3v) is 5.60. The molecule has 0 atom stereocenters. The van der Waals surface area contributed by atoms with Gasteiger partial charge in [-0.15, -0.1) is 11.3 Å². The van der Waals surface area contributed by atoms with E-state index in [1.165, 1.54) is 10.4 Å². The molecule has 0 saturated carbocycles. The third kappa shape index (κ3) is 3.27. The zero-order valence-corrected chi connectivity index (χ0v) is 16.1. The van der Waals surface area contributed by atoms with Crippen molar-refractivity contribution in [1.82, 2.24) is 9.97 Å². The smallest absolute Gasteiger partial charge is 0.338 e. The molecule has 1 aliphatic carbocycles. The van der Waals surface area contributed by atoms with Gasteiger partial charge >= 0.3 is 5.97 Å². The van der Waals surface area contributed by atoms with Crippen molar-refractivity contribution in [2.75, 3.05) is 5.32 Å². The van der Waals surface area contributed by atoms with Crippen molar-refractivity contribution in [1.29, 1.82) is 0 Å². The zero-order valence-electron chi connectivity index (χ0n) is 14.5. The maximum atomic E-state index is 12.1. The molecule has 26 heavy (non-hydrogen) atoms. The number of anilines is 2. The molecule has 0 unspecified atom stereocenters. The van der Waals surface area contributed by atoms with Crippen LogP contribution in [0.4, 0.5) is 11.5 Å². The lowest BCUT2D eigenvalue weighted by atomic mass is 10.1. The van der Waals surface area contributed by atoms with Crippen LogP contribution in [0.5, 0.6) is 0 Å². The number of carbonyl (C=O) groups excluding carboxylic acids is 1. The number of nitrogens with zero attached hydrogens (tertiary/aromatic N) is 2. The van der Waals surface area contributed by atoms with Crippen LogP contribution in [0.2, 0.25) is 5.28 Å². The first kappa shape index (κ1) is 17.2. The number of hydrogen-bond acceptors (Lipinski definition) is 6. The van der Waals surface area contributed by atoms with Gasteiger partial charge in [0.05, 0.1) is 17.1 Å². The van der Waals surface area contributed by atoms with Gasteiger partial charge in [0.15, 0.2) is 0 Å². The van der Waals surface area contributed by atoms with Gasteiger partial charge in [0.25, 0.3) is 0 Å². The fraction of sp³-hybridized carbons (Fsp3) is 0.316. The van der Waals surface area contributed by atoms with E-state index >= 15 is 0 Å². The molecule has 0 radical (unpaired) electrons. The molecular formula is C19H18ClN3O2S. The Kier molecular flexibility index (Phi) is 4.54. The van der Waals surface area contributed by atoms with Crippen molar-refractivity contribution in [2.24, 2.45) is 0 Å². The van der Waals surface area contributed by atoms with Gasteiger partial charge < -0.3 is 10.1 Å². The number of rotatable bonds is 4. The second-order valence-corrected chi connectivity index (χ2v) is 7.96. The van der Waals surface area contributed by atoms with Crippen molar-refractivity contribution in [3.8, 4) is 0 Å². The Balaban J connectivity index is 1.71. The Morgan fingerprint density at radius 2 is 2.15 bits per heavy atom. The van der Waals surface area contributed by atoms with Crippen LogP contribution in [-0.2, 0) is 17.6 Å². The van der Waals surface area contributed by atoms with E-state index in [2.05, 4.69) is 15.3 Å². The van der Waals surface area contributed by atoms with E-state index in [1.807, 2.05) is 26.0 Å². The minimum Gasteiger partial charge on any atom is -0.459 e. The lowest BCUT2D eigenvalue weighted by molar-refractivity contribution is 0.0378. The fourth-order valence-corrected chi connectivity index (χ4v) is 4.68. The molecule has 0 saturated heterocycles. The van der Waals surface area contributed by atoms with Gasteiger partial charge in [0.1, 0.15) is 10.6 Å². The first-order chi connectivity index (χ1) is 12.5. The molecule has 0 amide bonds. The highest BCUT2D eigenvalue weighted by Crippen LogP contribution is 2.40. The van der Waals surface area contributed by atoms with E-state index in [0.29, 0.717) is 11.4 Å². The largest absolute Gasteiger partial charge is 0.459 e. The van der Waals surface area contributed by atoms with Crippen LogP contribution in [0.15, 0.2) is 24.3 Å². The molecule has 5 nitrogen and oxygen atoms in total. The summed E-state index contributed by atoms with van der Waals surface area (Å²) in [6, 6.07) is 7.21. The van der Waals surface area contributed by atoms with Gasteiger partial charge in [0.2, 0.25) is 5.28 Å². The molecular weight excluding hydrogens is 370 g/mol. The number of benzene rings is 1. The Hall–Kier alpha value is -2.18. The van der Waals surface area contributed by atoms with Crippen molar-refractivity contribution >= 4 is 50.6 Å². The van der Waals surface area contributed by atoms with Gasteiger partial charge in [-0.25, -0.2) is 9.78 Å². The van der Waals surface area contributed by atoms with Gasteiger partial charge in [-0.1, -0.05) is 6.07 Å². The standard InChI is InChI=1S/C19H18ClN3O2S/c1-10(2)25-18(24)11-5-3-6-12(9-11)21-16-15-13-7-4-8-14(13)26-17(15)23-19(20)22-16/h3,5-6,9-10H,4,7-8H2,1-2H3,(H,21,22,23). The number of aryl methyl sites for hydroxylation is 2. The summed E-state index contributed by atoms with van der Waals surface area (Å²) in [5, 5.41) is 4.58. The maximum absolute atomic E-state index is 12.1. The first-order valence-electron chi connectivity index (χ1n) is 8.57. The van der Waals surface area contributed by atoms with Crippen molar-refractivity contribution in [2.45, 2.75) is 39.2 Å². The van der Waals surface area contributed by atoms with Crippen LogP contribution < -0.4 is 5.32 Å². The number of esters is 1. The second kappa shape index (κ2) is 6.85. The topological polar surface area (TPSA) is 64.1 Å². The molecule has 3 aromatic rings. The summed E-state index contributed by atoms with van der Waals surface area (Å²) >= 11 is 7.81. The highest BCUT2D eigenvalue weighted by atomic mass is 35.5. The minimum atomic E-state index is -0.342. The summed E-state index contributed by atoms with van der Waals surface area (Å²) in [6.07, 6.45) is 3.13. The normalized spacial score (nSPS) is 13.2. The molecule has 7 heteroatoms. The monoisotopic (exact) mass is 387 g/mol. The zero-order chi connectivity index (χ0) is 18.3. The number of halogens is 1.